The van der Waals surface area contributed by atoms with Gasteiger partial charge in [0.15, 0.2) is 0 Å². The van der Waals surface area contributed by atoms with Gasteiger partial charge in [-0.2, -0.15) is 24.3 Å². The number of rotatable bonds is 1. The van der Waals surface area contributed by atoms with E-state index in [2.05, 4.69) is 115 Å². The van der Waals surface area contributed by atoms with Crippen molar-refractivity contribution in [1.82, 2.24) is 18.5 Å². The van der Waals surface area contributed by atoms with Crippen LogP contribution in [0.2, 0.25) is 0 Å². The van der Waals surface area contributed by atoms with Gasteiger partial charge >= 0.3 is 0 Å². The Kier molecular flexibility index (Phi) is 9.39. The molecule has 8 aromatic carbocycles. The van der Waals surface area contributed by atoms with Crippen molar-refractivity contribution in [2.45, 2.75) is 59.2 Å². The molecule has 0 unspecified atom stereocenters. The van der Waals surface area contributed by atoms with Gasteiger partial charge < -0.3 is 22.4 Å². The molecule has 6 heterocycles. The van der Waals surface area contributed by atoms with Gasteiger partial charge in [0.1, 0.15) is 16.8 Å². The Morgan fingerprint density at radius 1 is 0.614 bits per heavy atom. The standard InChI is InChI=1S/C63H51N4O2.Pt/c1-40-32-60-64-38-54(40)50-20-11-14-23-59(50)69-46-27-24-42(25-28-46)52-35-44(63(5,6)7)34-51(41-16-9-8-10-17-41)61(52)66-39-65(56-21-12-13-22-57(56)66)45-18-15-19-47(36-45)68-48-29-30-49-53-33-43(62(2,3)4)26-31-55(53)67(60)58(49)37-48;/h8-35,38-39H,1-7H3;/q-3;/i1D3,26D,31D,33D;. The first-order valence-corrected chi connectivity index (χ1v) is 23.2. The van der Waals surface area contributed by atoms with Crippen molar-refractivity contribution in [3.63, 3.8) is 0 Å². The van der Waals surface area contributed by atoms with Crippen molar-refractivity contribution >= 4 is 82.4 Å². The quantitative estimate of drug-likeness (QED) is 0.154. The average Bonchev–Trinajstić information content (AvgIpc) is 3.94. The van der Waals surface area contributed by atoms with Crippen molar-refractivity contribution in [1.29, 1.82) is 0 Å². The van der Waals surface area contributed by atoms with Crippen LogP contribution in [0.4, 0.5) is 0 Å². The molecule has 5 aromatic heterocycles. The molecule has 70 heavy (non-hydrogen) atoms. The second kappa shape index (κ2) is 17.2. The maximum Gasteiger partial charge on any atom is 0.135 e. The first-order chi connectivity index (χ1) is 35.8. The third-order valence-electron chi connectivity index (χ3n) is 13.0. The van der Waals surface area contributed by atoms with Gasteiger partial charge in [0.25, 0.3) is 0 Å². The molecule has 1 aliphatic heterocycles. The summed E-state index contributed by atoms with van der Waals surface area (Å²) in [6, 6.07) is 56.5. The first kappa shape index (κ1) is 38.3. The molecule has 10 bridgehead atoms. The van der Waals surface area contributed by atoms with Gasteiger partial charge in [-0.15, -0.1) is 29.1 Å². The molecule has 13 aromatic rings. The van der Waals surface area contributed by atoms with Crippen LogP contribution in [0.5, 0.6) is 0 Å². The van der Waals surface area contributed by atoms with E-state index in [1.807, 2.05) is 93.6 Å². The van der Waals surface area contributed by atoms with E-state index < -0.39 is 12.3 Å². The predicted octanol–water partition coefficient (Wildman–Crippen LogP) is 16.9. The Balaban J connectivity index is 0.00000616. The summed E-state index contributed by atoms with van der Waals surface area (Å²) in [5, 5.41) is 3.82. The van der Waals surface area contributed by atoms with Crippen molar-refractivity contribution in [2.75, 3.05) is 0 Å². The molecule has 1 aliphatic rings. The molecule has 0 fully saturated rings. The number of aryl methyl sites for hydroxylation is 1. The fourth-order valence-electron chi connectivity index (χ4n) is 9.39. The van der Waals surface area contributed by atoms with Crippen molar-refractivity contribution in [3.05, 3.63) is 211 Å². The van der Waals surface area contributed by atoms with Crippen molar-refractivity contribution in [3.8, 4) is 22.5 Å². The molecule has 14 rings (SSSR count). The zero-order chi connectivity index (χ0) is 52.3. The Hall–Kier alpha value is -7.53. The van der Waals surface area contributed by atoms with Gasteiger partial charge in [-0.1, -0.05) is 156 Å². The number of pyridine rings is 1. The summed E-state index contributed by atoms with van der Waals surface area (Å²) in [5.74, 6) is 0. The maximum absolute atomic E-state index is 9.64. The maximum atomic E-state index is 9.64. The van der Waals surface area contributed by atoms with Crippen LogP contribution in [-0.2, 0) is 31.9 Å². The molecular formula is C63H51N4O2Pt-3. The second-order valence-electron chi connectivity index (χ2n) is 19.7. The fourth-order valence-corrected chi connectivity index (χ4v) is 9.39. The summed E-state index contributed by atoms with van der Waals surface area (Å²) in [5.41, 5.74) is 8.97. The van der Waals surface area contributed by atoms with E-state index in [1.165, 1.54) is 17.8 Å². The largest absolute Gasteiger partial charge is 0.510 e. The van der Waals surface area contributed by atoms with Crippen LogP contribution in [0.25, 0.3) is 105 Å². The van der Waals surface area contributed by atoms with E-state index in [0.717, 1.165) is 44.3 Å². The number of imidazole rings is 1. The molecule has 348 valence electrons. The van der Waals surface area contributed by atoms with Crippen molar-refractivity contribution in [2.24, 2.45) is 0 Å². The minimum atomic E-state index is -2.64. The molecule has 0 saturated carbocycles. The van der Waals surface area contributed by atoms with Gasteiger partial charge in [-0.3, -0.25) is 0 Å². The third kappa shape index (κ3) is 7.81. The van der Waals surface area contributed by atoms with E-state index in [1.54, 1.807) is 10.5 Å². The zero-order valence-electron chi connectivity index (χ0n) is 45.5. The molecule has 0 N–H and O–H groups in total. The van der Waals surface area contributed by atoms with E-state index in [0.29, 0.717) is 55.0 Å². The average molecular weight is 1100 g/mol. The molecule has 0 atom stereocenters. The van der Waals surface area contributed by atoms with Crippen molar-refractivity contribution < 1.29 is 38.1 Å². The van der Waals surface area contributed by atoms with Gasteiger partial charge in [-0.05, 0) is 109 Å². The molecule has 7 heteroatoms. The van der Waals surface area contributed by atoms with E-state index in [-0.39, 0.29) is 61.3 Å². The van der Waals surface area contributed by atoms with Crippen LogP contribution in [0.15, 0.2) is 191 Å². The smallest absolute Gasteiger partial charge is 0.135 e. The monoisotopic (exact) mass is 1100 g/mol. The number of hydrogen-bond acceptors (Lipinski definition) is 3. The van der Waals surface area contributed by atoms with Gasteiger partial charge in [0, 0.05) is 65.2 Å². The molecule has 0 spiro atoms. The Morgan fingerprint density at radius 2 is 1.34 bits per heavy atom. The number of aromatic nitrogens is 4. The second-order valence-corrected chi connectivity index (χ2v) is 19.7. The number of para-hydroxylation sites is 3. The van der Waals surface area contributed by atoms with E-state index >= 15 is 0 Å². The predicted molar refractivity (Wildman–Crippen MR) is 286 cm³/mol. The number of fused-ring (bicyclic) bond motifs is 5. The minimum Gasteiger partial charge on any atom is -0.510 e. The van der Waals surface area contributed by atoms with Crippen LogP contribution in [0, 0.1) is 19.0 Å². The van der Waals surface area contributed by atoms with Crippen LogP contribution in [-0.4, -0.2) is 18.5 Å². The number of hydrogen-bond donors (Lipinski definition) is 0. The van der Waals surface area contributed by atoms with Crippen LogP contribution in [0.3, 0.4) is 0 Å². The summed E-state index contributed by atoms with van der Waals surface area (Å²) >= 11 is 0. The fraction of sp³-hybridized carbons (Fsp3) is 0.143. The number of nitrogens with zero attached hydrogens (tertiary/aromatic N) is 4. The summed E-state index contributed by atoms with van der Waals surface area (Å²) in [6.07, 6.45) is 3.64. The molecule has 6 nitrogen and oxygen atoms in total. The Bertz CT molecular complexity index is 4460. The summed E-state index contributed by atoms with van der Waals surface area (Å²) in [6.45, 7) is 9.84. The van der Waals surface area contributed by atoms with Gasteiger partial charge in [-0.25, -0.2) is 4.98 Å². The topological polar surface area (TPSA) is 53.4 Å². The Labute approximate surface area is 429 Å². The normalized spacial score (nSPS) is 13.5. The molecule has 0 saturated heterocycles. The summed E-state index contributed by atoms with van der Waals surface area (Å²) < 4.78 is 74.7. The molecular weight excluding hydrogens is 1040 g/mol. The molecule has 0 radical (unpaired) electrons. The number of benzene rings is 8. The van der Waals surface area contributed by atoms with E-state index in [9.17, 15) is 4.11 Å². The Morgan fingerprint density at radius 3 is 2.11 bits per heavy atom. The minimum absolute atomic E-state index is 0. The molecule has 0 aliphatic carbocycles. The SMILES string of the molecule is [2H]c1c(C(C)(C)C)c([2H])c2c3ccc4[c-]c3n(c3cc(C([2H])([2H])[2H])c(cn3)c3ccccc3oc3ccc(cc3)c3cc(C(C)(C)C)cc(-c5ccccc5)c3n3[cH-]n(c5[c-]c(ccc5)o4)-c4ccccc4-3)c2c1[2H].[Pt]. The van der Waals surface area contributed by atoms with Crippen LogP contribution < -0.4 is 0 Å². The summed E-state index contributed by atoms with van der Waals surface area (Å²) in [4.78, 5) is 4.95. The van der Waals surface area contributed by atoms with E-state index in [4.69, 9.17) is 17.9 Å². The van der Waals surface area contributed by atoms with Gasteiger partial charge in [0.05, 0.1) is 4.11 Å². The van der Waals surface area contributed by atoms with Gasteiger partial charge in [0.2, 0.25) is 0 Å². The van der Waals surface area contributed by atoms with Crippen LogP contribution in [0.1, 0.15) is 66.5 Å². The molecule has 0 amide bonds. The first-order valence-electron chi connectivity index (χ1n) is 26.2. The zero-order valence-corrected chi connectivity index (χ0v) is 41.8. The van der Waals surface area contributed by atoms with Crippen LogP contribution >= 0.6 is 0 Å². The summed E-state index contributed by atoms with van der Waals surface area (Å²) in [7, 11) is 0. The third-order valence-corrected chi connectivity index (χ3v) is 13.0.